The first-order chi connectivity index (χ1) is 13.1. The first-order valence-electron chi connectivity index (χ1n) is 9.00. The van der Waals surface area contributed by atoms with Gasteiger partial charge in [-0.25, -0.2) is 0 Å². The van der Waals surface area contributed by atoms with Crippen molar-refractivity contribution in [3.05, 3.63) is 64.7 Å². The lowest BCUT2D eigenvalue weighted by Crippen LogP contribution is -2.36. The van der Waals surface area contributed by atoms with Crippen LogP contribution in [0.25, 0.3) is 6.08 Å². The number of nitrogens with one attached hydrogen (secondary N) is 1. The van der Waals surface area contributed by atoms with E-state index in [4.69, 9.17) is 4.74 Å². The van der Waals surface area contributed by atoms with Crippen LogP contribution in [0, 0.1) is 25.2 Å². The molecule has 0 unspecified atom stereocenters. The van der Waals surface area contributed by atoms with Gasteiger partial charge in [-0.05, 0) is 49.2 Å². The standard InChI is InChI=1S/C22H23N3O2/c1-16-3-8-21(17(2)13-16)24-22(26)19(15-23)14-18-4-6-20(7-5-18)25-9-11-27-12-10-25/h3-8,13-14H,9-12H2,1-2H3,(H,24,26)/b19-14+. The summed E-state index contributed by atoms with van der Waals surface area (Å²) in [7, 11) is 0. The van der Waals surface area contributed by atoms with Crippen molar-refractivity contribution in [3.8, 4) is 6.07 Å². The molecule has 0 radical (unpaired) electrons. The molecule has 0 saturated carbocycles. The molecule has 1 heterocycles. The van der Waals surface area contributed by atoms with Crippen molar-refractivity contribution in [2.24, 2.45) is 0 Å². The summed E-state index contributed by atoms with van der Waals surface area (Å²) in [6.07, 6.45) is 1.61. The van der Waals surface area contributed by atoms with Gasteiger partial charge in [-0.3, -0.25) is 4.79 Å². The molecule has 1 aliphatic rings. The molecule has 3 rings (SSSR count). The highest BCUT2D eigenvalue weighted by Crippen LogP contribution is 2.20. The van der Waals surface area contributed by atoms with Gasteiger partial charge in [-0.2, -0.15) is 5.26 Å². The maximum absolute atomic E-state index is 12.5. The molecular formula is C22H23N3O2. The van der Waals surface area contributed by atoms with E-state index in [1.807, 2.05) is 62.4 Å². The SMILES string of the molecule is Cc1ccc(NC(=O)/C(C#N)=C/c2ccc(N3CCOCC3)cc2)c(C)c1. The van der Waals surface area contributed by atoms with E-state index in [1.54, 1.807) is 6.08 Å². The smallest absolute Gasteiger partial charge is 0.266 e. The number of morpholine rings is 1. The van der Waals surface area contributed by atoms with Crippen LogP contribution in [-0.2, 0) is 9.53 Å². The van der Waals surface area contributed by atoms with Crippen molar-refractivity contribution in [1.29, 1.82) is 5.26 Å². The lowest BCUT2D eigenvalue weighted by atomic mass is 10.1. The van der Waals surface area contributed by atoms with E-state index < -0.39 is 5.91 Å². The number of hydrogen-bond donors (Lipinski definition) is 1. The van der Waals surface area contributed by atoms with E-state index in [1.165, 1.54) is 0 Å². The Morgan fingerprint density at radius 3 is 2.48 bits per heavy atom. The Morgan fingerprint density at radius 2 is 1.85 bits per heavy atom. The zero-order valence-electron chi connectivity index (χ0n) is 15.7. The first kappa shape index (κ1) is 18.7. The third kappa shape index (κ3) is 4.75. The molecule has 5 heteroatoms. The van der Waals surface area contributed by atoms with E-state index in [0.717, 1.165) is 54.4 Å². The van der Waals surface area contributed by atoms with Crippen LogP contribution < -0.4 is 10.2 Å². The Bertz CT molecular complexity index is 889. The molecule has 1 saturated heterocycles. The van der Waals surface area contributed by atoms with Crippen molar-refractivity contribution in [2.45, 2.75) is 13.8 Å². The molecule has 138 valence electrons. The van der Waals surface area contributed by atoms with Crippen LogP contribution in [0.2, 0.25) is 0 Å². The van der Waals surface area contributed by atoms with Crippen LogP contribution in [0.15, 0.2) is 48.0 Å². The fourth-order valence-electron chi connectivity index (χ4n) is 3.06. The van der Waals surface area contributed by atoms with E-state index in [-0.39, 0.29) is 5.57 Å². The molecule has 1 fully saturated rings. The van der Waals surface area contributed by atoms with E-state index in [2.05, 4.69) is 10.2 Å². The average molecular weight is 361 g/mol. The first-order valence-corrected chi connectivity index (χ1v) is 9.00. The van der Waals surface area contributed by atoms with Gasteiger partial charge < -0.3 is 15.0 Å². The maximum Gasteiger partial charge on any atom is 0.266 e. The van der Waals surface area contributed by atoms with Crippen LogP contribution >= 0.6 is 0 Å². The Morgan fingerprint density at radius 1 is 1.15 bits per heavy atom. The number of nitriles is 1. The molecule has 27 heavy (non-hydrogen) atoms. The normalized spacial score (nSPS) is 14.6. The predicted octanol–water partition coefficient (Wildman–Crippen LogP) is 3.69. The Balaban J connectivity index is 1.73. The highest BCUT2D eigenvalue weighted by molar-refractivity contribution is 6.10. The summed E-state index contributed by atoms with van der Waals surface area (Å²) in [6.45, 7) is 7.15. The Hall–Kier alpha value is -3.10. The van der Waals surface area contributed by atoms with Crippen LogP contribution in [0.5, 0.6) is 0 Å². The van der Waals surface area contributed by atoms with Crippen LogP contribution in [-0.4, -0.2) is 32.2 Å². The fourth-order valence-corrected chi connectivity index (χ4v) is 3.06. The van der Waals surface area contributed by atoms with Crippen molar-refractivity contribution < 1.29 is 9.53 Å². The number of amides is 1. The van der Waals surface area contributed by atoms with Crippen molar-refractivity contribution in [1.82, 2.24) is 0 Å². The summed E-state index contributed by atoms with van der Waals surface area (Å²) in [5.74, 6) is -0.401. The molecule has 1 amide bonds. The minimum absolute atomic E-state index is 0.0779. The molecule has 0 bridgehead atoms. The van der Waals surface area contributed by atoms with Gasteiger partial charge in [-0.15, -0.1) is 0 Å². The molecule has 0 spiro atoms. The van der Waals surface area contributed by atoms with E-state index >= 15 is 0 Å². The third-order valence-electron chi connectivity index (χ3n) is 4.58. The molecule has 5 nitrogen and oxygen atoms in total. The zero-order chi connectivity index (χ0) is 19.2. The number of ether oxygens (including phenoxy) is 1. The maximum atomic E-state index is 12.5. The van der Waals surface area contributed by atoms with Crippen LogP contribution in [0.3, 0.4) is 0 Å². The van der Waals surface area contributed by atoms with Crippen LogP contribution in [0.4, 0.5) is 11.4 Å². The Kier molecular flexibility index (Phi) is 5.90. The number of rotatable bonds is 4. The van der Waals surface area contributed by atoms with Gasteiger partial charge in [0.15, 0.2) is 0 Å². The van der Waals surface area contributed by atoms with Gasteiger partial charge in [0.1, 0.15) is 11.6 Å². The molecular weight excluding hydrogens is 338 g/mol. The summed E-state index contributed by atoms with van der Waals surface area (Å²) < 4.78 is 5.37. The summed E-state index contributed by atoms with van der Waals surface area (Å²) in [4.78, 5) is 14.7. The van der Waals surface area contributed by atoms with Gasteiger partial charge in [0.05, 0.1) is 13.2 Å². The molecule has 2 aromatic carbocycles. The lowest BCUT2D eigenvalue weighted by molar-refractivity contribution is -0.112. The molecule has 0 aliphatic carbocycles. The second-order valence-corrected chi connectivity index (χ2v) is 6.63. The zero-order valence-corrected chi connectivity index (χ0v) is 15.7. The van der Waals surface area contributed by atoms with Crippen LogP contribution in [0.1, 0.15) is 16.7 Å². The molecule has 0 aromatic heterocycles. The molecule has 2 aromatic rings. The topological polar surface area (TPSA) is 65.4 Å². The molecule has 1 aliphatic heterocycles. The van der Waals surface area contributed by atoms with Gasteiger partial charge in [0.2, 0.25) is 0 Å². The summed E-state index contributed by atoms with van der Waals surface area (Å²) in [5.41, 5.74) is 4.83. The summed E-state index contributed by atoms with van der Waals surface area (Å²) in [6, 6.07) is 15.6. The Labute approximate surface area is 159 Å². The van der Waals surface area contributed by atoms with Gasteiger partial charge in [0.25, 0.3) is 5.91 Å². The number of carbonyl (C=O) groups is 1. The third-order valence-corrected chi connectivity index (χ3v) is 4.58. The minimum Gasteiger partial charge on any atom is -0.378 e. The highest BCUT2D eigenvalue weighted by atomic mass is 16.5. The fraction of sp³-hybridized carbons (Fsp3) is 0.273. The number of nitrogens with zero attached hydrogens (tertiary/aromatic N) is 2. The van der Waals surface area contributed by atoms with Crippen molar-refractivity contribution in [2.75, 3.05) is 36.5 Å². The predicted molar refractivity (Wildman–Crippen MR) is 108 cm³/mol. The van der Waals surface area contributed by atoms with E-state index in [9.17, 15) is 10.1 Å². The number of hydrogen-bond acceptors (Lipinski definition) is 4. The number of anilines is 2. The van der Waals surface area contributed by atoms with Crippen molar-refractivity contribution in [3.63, 3.8) is 0 Å². The van der Waals surface area contributed by atoms with Crippen molar-refractivity contribution >= 4 is 23.4 Å². The summed E-state index contributed by atoms with van der Waals surface area (Å²) >= 11 is 0. The molecule has 0 atom stereocenters. The van der Waals surface area contributed by atoms with Gasteiger partial charge in [-0.1, -0.05) is 29.8 Å². The second kappa shape index (κ2) is 8.52. The quantitative estimate of drug-likeness (QED) is 0.666. The largest absolute Gasteiger partial charge is 0.378 e. The van der Waals surface area contributed by atoms with E-state index in [0.29, 0.717) is 0 Å². The van der Waals surface area contributed by atoms with Gasteiger partial charge in [0, 0.05) is 24.5 Å². The minimum atomic E-state index is -0.401. The highest BCUT2D eigenvalue weighted by Gasteiger charge is 2.13. The summed E-state index contributed by atoms with van der Waals surface area (Å²) in [5, 5.41) is 12.2. The lowest BCUT2D eigenvalue weighted by Gasteiger charge is -2.28. The number of carbonyl (C=O) groups excluding carboxylic acids is 1. The average Bonchev–Trinajstić information content (AvgIpc) is 2.69. The number of benzene rings is 2. The van der Waals surface area contributed by atoms with Gasteiger partial charge >= 0.3 is 0 Å². The monoisotopic (exact) mass is 361 g/mol. The molecule has 1 N–H and O–H groups in total. The second-order valence-electron chi connectivity index (χ2n) is 6.63. The number of aryl methyl sites for hydroxylation is 2.